The number of hydrogen-bond acceptors (Lipinski definition) is 6. The van der Waals surface area contributed by atoms with E-state index in [2.05, 4.69) is 30.8 Å². The van der Waals surface area contributed by atoms with Crippen LogP contribution in [-0.4, -0.2) is 55.0 Å². The number of nitrogens with zero attached hydrogens (tertiary/aromatic N) is 5. The number of aromatic amines is 1. The summed E-state index contributed by atoms with van der Waals surface area (Å²) in [4.78, 5) is 19.5. The molecule has 2 aromatic heterocycles. The van der Waals surface area contributed by atoms with Gasteiger partial charge in [0.1, 0.15) is 5.82 Å². The van der Waals surface area contributed by atoms with Gasteiger partial charge in [0, 0.05) is 12.6 Å². The summed E-state index contributed by atoms with van der Waals surface area (Å²) in [6.07, 6.45) is -2.86. The van der Waals surface area contributed by atoms with Crippen LogP contribution in [0.1, 0.15) is 35.1 Å². The van der Waals surface area contributed by atoms with E-state index in [1.54, 1.807) is 5.10 Å². The van der Waals surface area contributed by atoms with Gasteiger partial charge < -0.3 is 10.6 Å². The van der Waals surface area contributed by atoms with Gasteiger partial charge in [0.25, 0.3) is 11.9 Å². The van der Waals surface area contributed by atoms with Crippen LogP contribution in [0.3, 0.4) is 0 Å². The van der Waals surface area contributed by atoms with Crippen molar-refractivity contribution in [2.45, 2.75) is 32.0 Å². The topological polar surface area (TPSA) is 113 Å². The average Bonchev–Trinajstić information content (AvgIpc) is 3.14. The number of aromatic nitrogens is 6. The molecular formula is C12H16ClF3N8O. The van der Waals surface area contributed by atoms with Gasteiger partial charge in [0.2, 0.25) is 11.6 Å². The van der Waals surface area contributed by atoms with Gasteiger partial charge in [-0.05, 0) is 26.3 Å². The van der Waals surface area contributed by atoms with Gasteiger partial charge in [0.15, 0.2) is 0 Å². The molecule has 1 amide bonds. The number of amides is 1. The molecule has 0 bridgehead atoms. The number of rotatable bonds is 3. The molecule has 13 heteroatoms. The summed E-state index contributed by atoms with van der Waals surface area (Å²) >= 11 is 0. The molecule has 138 valence electrons. The van der Waals surface area contributed by atoms with Crippen molar-refractivity contribution in [1.29, 1.82) is 0 Å². The number of alkyl halides is 3. The molecule has 0 spiro atoms. The maximum atomic E-state index is 12.6. The Morgan fingerprint density at radius 1 is 1.36 bits per heavy atom. The van der Waals surface area contributed by atoms with Gasteiger partial charge in [-0.25, -0.2) is 4.98 Å². The number of halogens is 4. The Labute approximate surface area is 146 Å². The predicted molar refractivity (Wildman–Crippen MR) is 81.6 cm³/mol. The molecule has 3 rings (SSSR count). The Hall–Kier alpha value is -2.21. The van der Waals surface area contributed by atoms with Crippen LogP contribution >= 0.6 is 12.4 Å². The minimum Gasteiger partial charge on any atom is -0.345 e. The lowest BCUT2D eigenvalue weighted by Gasteiger charge is -2.23. The fraction of sp³-hybridized carbons (Fsp3) is 0.583. The lowest BCUT2D eigenvalue weighted by molar-refractivity contribution is -0.144. The second kappa shape index (κ2) is 7.35. The molecule has 0 radical (unpaired) electrons. The van der Waals surface area contributed by atoms with Crippen LogP contribution < -0.4 is 10.6 Å². The number of nitrogens with one attached hydrogen (secondary N) is 3. The van der Waals surface area contributed by atoms with Crippen LogP contribution in [0, 0.1) is 6.92 Å². The highest BCUT2D eigenvalue weighted by Gasteiger charge is 2.35. The second-order valence-electron chi connectivity index (χ2n) is 5.39. The van der Waals surface area contributed by atoms with Crippen LogP contribution in [0.25, 0.3) is 5.95 Å². The fourth-order valence-corrected chi connectivity index (χ4v) is 2.38. The Morgan fingerprint density at radius 2 is 2.12 bits per heavy atom. The smallest absolute Gasteiger partial charge is 0.345 e. The fourth-order valence-electron chi connectivity index (χ4n) is 2.38. The zero-order chi connectivity index (χ0) is 17.3. The third-order valence-electron chi connectivity index (χ3n) is 3.54. The van der Waals surface area contributed by atoms with Crippen molar-refractivity contribution in [1.82, 2.24) is 40.6 Å². The van der Waals surface area contributed by atoms with Crippen LogP contribution in [0.2, 0.25) is 0 Å². The maximum Gasteiger partial charge on any atom is 0.451 e. The number of aryl methyl sites for hydroxylation is 1. The normalized spacial score (nSPS) is 17.8. The first kappa shape index (κ1) is 19.1. The quantitative estimate of drug-likeness (QED) is 0.719. The van der Waals surface area contributed by atoms with Gasteiger partial charge in [-0.15, -0.1) is 22.6 Å². The zero-order valence-electron chi connectivity index (χ0n) is 13.1. The molecule has 1 fully saturated rings. The summed E-state index contributed by atoms with van der Waals surface area (Å²) in [6.45, 7) is 3.06. The van der Waals surface area contributed by atoms with E-state index < -0.39 is 17.9 Å². The molecule has 9 nitrogen and oxygen atoms in total. The van der Waals surface area contributed by atoms with E-state index >= 15 is 0 Å². The first-order valence-corrected chi connectivity index (χ1v) is 7.30. The highest BCUT2D eigenvalue weighted by molar-refractivity contribution is 5.90. The van der Waals surface area contributed by atoms with Crippen molar-refractivity contribution in [2.24, 2.45) is 0 Å². The van der Waals surface area contributed by atoms with Crippen LogP contribution in [0.4, 0.5) is 13.2 Å². The monoisotopic (exact) mass is 380 g/mol. The molecule has 25 heavy (non-hydrogen) atoms. The molecule has 2 aromatic rings. The molecule has 1 aliphatic heterocycles. The van der Waals surface area contributed by atoms with E-state index in [-0.39, 0.29) is 36.0 Å². The van der Waals surface area contributed by atoms with E-state index in [9.17, 15) is 18.0 Å². The van der Waals surface area contributed by atoms with Crippen molar-refractivity contribution in [3.8, 4) is 5.95 Å². The maximum absolute atomic E-state index is 12.6. The Kier molecular flexibility index (Phi) is 5.62. The van der Waals surface area contributed by atoms with Crippen molar-refractivity contribution < 1.29 is 18.0 Å². The molecule has 0 saturated carbocycles. The number of H-pyrrole nitrogens is 1. The molecule has 3 heterocycles. The standard InChI is InChI=1S/C12H15F3N8O.ClH/c1-6-17-8(9(24)18-7-3-2-4-16-5-7)22-23(6)11-19-10(20-21-11)12(13,14)15;/h7,16H,2-5H2,1H3,(H,18,24)(H,19,20,21);1H. The second-order valence-corrected chi connectivity index (χ2v) is 5.39. The molecule has 0 aromatic carbocycles. The first-order chi connectivity index (χ1) is 11.3. The van der Waals surface area contributed by atoms with Crippen molar-refractivity contribution in [3.63, 3.8) is 0 Å². The molecule has 1 unspecified atom stereocenters. The minimum absolute atomic E-state index is 0. The largest absolute Gasteiger partial charge is 0.451 e. The highest BCUT2D eigenvalue weighted by Crippen LogP contribution is 2.26. The lowest BCUT2D eigenvalue weighted by Crippen LogP contribution is -2.45. The summed E-state index contributed by atoms with van der Waals surface area (Å²) in [6, 6.07) is -0.0288. The zero-order valence-corrected chi connectivity index (χ0v) is 13.9. The summed E-state index contributed by atoms with van der Waals surface area (Å²) in [7, 11) is 0. The number of carbonyl (C=O) groups is 1. The van der Waals surface area contributed by atoms with Gasteiger partial charge >= 0.3 is 6.18 Å². The first-order valence-electron chi connectivity index (χ1n) is 7.30. The molecule has 1 atom stereocenters. The predicted octanol–water partition coefficient (Wildman–Crippen LogP) is 0.616. The number of carbonyl (C=O) groups excluding carboxylic acids is 1. The van der Waals surface area contributed by atoms with Gasteiger partial charge in [-0.1, -0.05) is 0 Å². The molecule has 3 N–H and O–H groups in total. The SMILES string of the molecule is Cc1nc(C(=O)NC2CCCNC2)nn1-c1n[nH]c(C(F)(F)F)n1.Cl. The van der Waals surface area contributed by atoms with E-state index in [0.29, 0.717) is 6.54 Å². The molecule has 1 aliphatic rings. The summed E-state index contributed by atoms with van der Waals surface area (Å²) in [5.74, 6) is -2.00. The van der Waals surface area contributed by atoms with Crippen LogP contribution in [-0.2, 0) is 6.18 Å². The van der Waals surface area contributed by atoms with E-state index in [1.165, 1.54) is 6.92 Å². The molecule has 0 aliphatic carbocycles. The Morgan fingerprint density at radius 3 is 2.72 bits per heavy atom. The van der Waals surface area contributed by atoms with E-state index in [4.69, 9.17) is 0 Å². The summed E-state index contributed by atoms with van der Waals surface area (Å²) in [5.41, 5.74) is 0. The molecular weight excluding hydrogens is 365 g/mol. The third kappa shape index (κ3) is 4.25. The van der Waals surface area contributed by atoms with Crippen molar-refractivity contribution in [3.05, 3.63) is 17.5 Å². The van der Waals surface area contributed by atoms with E-state index in [1.807, 2.05) is 0 Å². The van der Waals surface area contributed by atoms with Gasteiger partial charge in [-0.2, -0.15) is 22.8 Å². The summed E-state index contributed by atoms with van der Waals surface area (Å²) < 4.78 is 38.7. The Bertz CT molecular complexity index is 737. The van der Waals surface area contributed by atoms with Crippen LogP contribution in [0.15, 0.2) is 0 Å². The van der Waals surface area contributed by atoms with Gasteiger partial charge in [-0.3, -0.25) is 9.89 Å². The summed E-state index contributed by atoms with van der Waals surface area (Å²) in [5, 5.41) is 15.1. The third-order valence-corrected chi connectivity index (χ3v) is 3.54. The van der Waals surface area contributed by atoms with Crippen molar-refractivity contribution in [2.75, 3.05) is 13.1 Å². The van der Waals surface area contributed by atoms with Gasteiger partial charge in [0.05, 0.1) is 0 Å². The van der Waals surface area contributed by atoms with Crippen molar-refractivity contribution >= 4 is 18.3 Å². The molecule has 1 saturated heterocycles. The van der Waals surface area contributed by atoms with Crippen LogP contribution in [0.5, 0.6) is 0 Å². The number of hydrogen-bond donors (Lipinski definition) is 3. The van der Waals surface area contributed by atoms with E-state index in [0.717, 1.165) is 24.1 Å². The lowest BCUT2D eigenvalue weighted by atomic mass is 10.1. The minimum atomic E-state index is -4.64. The Balaban J connectivity index is 0.00000225. The highest BCUT2D eigenvalue weighted by atomic mass is 35.5. The number of piperidine rings is 1. The average molecular weight is 381 g/mol.